The predicted octanol–water partition coefficient (Wildman–Crippen LogP) is 3.02. The molecule has 0 N–H and O–H groups in total. The van der Waals surface area contributed by atoms with E-state index < -0.39 is 0 Å². The molecule has 1 aliphatic carbocycles. The number of fused-ring (bicyclic) bond motifs is 1. The third kappa shape index (κ3) is 2.74. The Hall–Kier alpha value is -1.15. The zero-order valence-electron chi connectivity index (χ0n) is 12.6. The third-order valence-electron chi connectivity index (χ3n) is 4.80. The highest BCUT2D eigenvalue weighted by atomic mass is 16.1. The Labute approximate surface area is 116 Å². The molecule has 0 aliphatic heterocycles. The first-order chi connectivity index (χ1) is 8.97. The number of hydrogen-bond donors (Lipinski definition) is 0. The molecule has 2 nitrogen and oxygen atoms in total. The zero-order chi connectivity index (χ0) is 14.0. The molecule has 0 bridgehead atoms. The first-order valence-electron chi connectivity index (χ1n) is 7.29. The van der Waals surface area contributed by atoms with Gasteiger partial charge in [-0.3, -0.25) is 9.69 Å². The van der Waals surface area contributed by atoms with E-state index in [1.807, 2.05) is 25.9 Å². The normalized spacial score (nSPS) is 17.3. The molecule has 19 heavy (non-hydrogen) atoms. The van der Waals surface area contributed by atoms with Crippen LogP contribution < -0.4 is 0 Å². The smallest absolute Gasteiger partial charge is 0.157 e. The molecule has 1 atom stereocenters. The summed E-state index contributed by atoms with van der Waals surface area (Å²) in [5.41, 5.74) is 3.75. The maximum absolute atomic E-state index is 12.6. The van der Waals surface area contributed by atoms with Crippen molar-refractivity contribution in [3.05, 3.63) is 34.9 Å². The molecule has 0 amide bonds. The van der Waals surface area contributed by atoms with Crippen LogP contribution in [0.4, 0.5) is 0 Å². The summed E-state index contributed by atoms with van der Waals surface area (Å²) in [5.74, 6) is 0.318. The summed E-state index contributed by atoms with van der Waals surface area (Å²) in [6.45, 7) is 4.13. The number of aryl methyl sites for hydroxylation is 2. The molecule has 0 fully saturated rings. The van der Waals surface area contributed by atoms with E-state index in [0.29, 0.717) is 12.2 Å². The van der Waals surface area contributed by atoms with Gasteiger partial charge in [0.15, 0.2) is 5.78 Å². The Morgan fingerprint density at radius 3 is 2.58 bits per heavy atom. The van der Waals surface area contributed by atoms with Crippen LogP contribution in [0, 0.1) is 0 Å². The average Bonchev–Trinajstić information content (AvgIpc) is 2.84. The van der Waals surface area contributed by atoms with Gasteiger partial charge in [-0.1, -0.05) is 25.1 Å². The molecule has 2 rings (SSSR count). The van der Waals surface area contributed by atoms with E-state index in [9.17, 15) is 4.79 Å². The van der Waals surface area contributed by atoms with Gasteiger partial charge in [-0.2, -0.15) is 0 Å². The van der Waals surface area contributed by atoms with Crippen molar-refractivity contribution in [2.24, 2.45) is 0 Å². The SMILES string of the molecule is CCC(C)(C(=O)Cc1ccc2c(c1)CCC2)N(C)C. The number of carbonyl (C=O) groups is 1. The second-order valence-corrected chi connectivity index (χ2v) is 6.08. The van der Waals surface area contributed by atoms with Gasteiger partial charge >= 0.3 is 0 Å². The van der Waals surface area contributed by atoms with E-state index in [-0.39, 0.29) is 5.54 Å². The average molecular weight is 259 g/mol. The number of rotatable bonds is 5. The summed E-state index contributed by atoms with van der Waals surface area (Å²) in [7, 11) is 3.98. The summed E-state index contributed by atoms with van der Waals surface area (Å²) in [4.78, 5) is 14.6. The molecule has 0 heterocycles. The fourth-order valence-corrected chi connectivity index (χ4v) is 2.87. The minimum Gasteiger partial charge on any atom is -0.297 e. The van der Waals surface area contributed by atoms with Gasteiger partial charge in [0.25, 0.3) is 0 Å². The molecule has 0 aromatic heterocycles. The Morgan fingerprint density at radius 1 is 1.26 bits per heavy atom. The molecule has 2 heteroatoms. The van der Waals surface area contributed by atoms with Gasteiger partial charge in [-0.15, -0.1) is 0 Å². The molecule has 1 aromatic carbocycles. The second kappa shape index (κ2) is 5.46. The Kier molecular flexibility index (Phi) is 4.10. The number of nitrogens with zero attached hydrogens (tertiary/aromatic N) is 1. The van der Waals surface area contributed by atoms with Crippen molar-refractivity contribution >= 4 is 5.78 Å². The maximum Gasteiger partial charge on any atom is 0.157 e. The topological polar surface area (TPSA) is 20.3 Å². The number of Topliss-reactive ketones (excluding diaryl/α,β-unsaturated/α-hetero) is 1. The van der Waals surface area contributed by atoms with Gasteiger partial charge < -0.3 is 0 Å². The van der Waals surface area contributed by atoms with E-state index in [2.05, 4.69) is 25.1 Å². The van der Waals surface area contributed by atoms with Gasteiger partial charge in [0, 0.05) is 6.42 Å². The van der Waals surface area contributed by atoms with E-state index >= 15 is 0 Å². The van der Waals surface area contributed by atoms with Crippen LogP contribution in [0.2, 0.25) is 0 Å². The van der Waals surface area contributed by atoms with Gasteiger partial charge in [0.05, 0.1) is 5.54 Å². The summed E-state index contributed by atoms with van der Waals surface area (Å²) in [6.07, 6.45) is 5.04. The van der Waals surface area contributed by atoms with E-state index in [4.69, 9.17) is 0 Å². The highest BCUT2D eigenvalue weighted by Crippen LogP contribution is 2.25. The molecule has 1 unspecified atom stereocenters. The van der Waals surface area contributed by atoms with Crippen LogP contribution in [0.5, 0.6) is 0 Å². The highest BCUT2D eigenvalue weighted by molar-refractivity contribution is 5.89. The van der Waals surface area contributed by atoms with Crippen LogP contribution in [-0.2, 0) is 24.1 Å². The lowest BCUT2D eigenvalue weighted by molar-refractivity contribution is -0.128. The van der Waals surface area contributed by atoms with Crippen LogP contribution >= 0.6 is 0 Å². The Morgan fingerprint density at radius 2 is 1.95 bits per heavy atom. The largest absolute Gasteiger partial charge is 0.297 e. The standard InChI is InChI=1S/C17H25NO/c1-5-17(2,18(3)4)16(19)12-13-9-10-14-7-6-8-15(14)11-13/h9-11H,5-8,12H2,1-4H3. The van der Waals surface area contributed by atoms with Crippen LogP contribution in [0.25, 0.3) is 0 Å². The van der Waals surface area contributed by atoms with Crippen LogP contribution in [0.3, 0.4) is 0 Å². The monoisotopic (exact) mass is 259 g/mol. The molecule has 0 saturated heterocycles. The van der Waals surface area contributed by atoms with Crippen molar-refractivity contribution in [1.29, 1.82) is 0 Å². The summed E-state index contributed by atoms with van der Waals surface area (Å²) < 4.78 is 0. The lowest BCUT2D eigenvalue weighted by Crippen LogP contribution is -2.48. The number of likely N-dealkylation sites (N-methyl/N-ethyl adjacent to an activating group) is 1. The molecule has 0 spiro atoms. The molecule has 0 radical (unpaired) electrons. The van der Waals surface area contributed by atoms with Crippen LogP contribution in [0.1, 0.15) is 43.4 Å². The fourth-order valence-electron chi connectivity index (χ4n) is 2.87. The van der Waals surface area contributed by atoms with Gasteiger partial charge in [-0.25, -0.2) is 0 Å². The van der Waals surface area contributed by atoms with Crippen molar-refractivity contribution in [2.45, 2.75) is 51.5 Å². The quantitative estimate of drug-likeness (QED) is 0.810. The number of hydrogen-bond acceptors (Lipinski definition) is 2. The number of carbonyl (C=O) groups excluding carboxylic acids is 1. The van der Waals surface area contributed by atoms with Gasteiger partial charge in [0.2, 0.25) is 0 Å². The van der Waals surface area contributed by atoms with Crippen molar-refractivity contribution in [3.8, 4) is 0 Å². The molecule has 1 aliphatic rings. The minimum absolute atomic E-state index is 0.318. The van der Waals surface area contributed by atoms with Crippen LogP contribution in [0.15, 0.2) is 18.2 Å². The van der Waals surface area contributed by atoms with E-state index in [0.717, 1.165) is 6.42 Å². The van der Waals surface area contributed by atoms with Gasteiger partial charge in [0.1, 0.15) is 0 Å². The first-order valence-corrected chi connectivity index (χ1v) is 7.29. The van der Waals surface area contributed by atoms with Crippen LogP contribution in [-0.4, -0.2) is 30.3 Å². The van der Waals surface area contributed by atoms with Crippen molar-refractivity contribution in [2.75, 3.05) is 14.1 Å². The maximum atomic E-state index is 12.6. The predicted molar refractivity (Wildman–Crippen MR) is 79.6 cm³/mol. The molecule has 0 saturated carbocycles. The second-order valence-electron chi connectivity index (χ2n) is 6.08. The highest BCUT2D eigenvalue weighted by Gasteiger charge is 2.33. The fraction of sp³-hybridized carbons (Fsp3) is 0.588. The summed E-state index contributed by atoms with van der Waals surface area (Å²) in [5, 5.41) is 0. The molecular weight excluding hydrogens is 234 g/mol. The van der Waals surface area contributed by atoms with E-state index in [1.54, 1.807) is 0 Å². The number of benzene rings is 1. The molecule has 104 valence electrons. The van der Waals surface area contributed by atoms with Crippen molar-refractivity contribution < 1.29 is 4.79 Å². The molecule has 1 aromatic rings. The van der Waals surface area contributed by atoms with Gasteiger partial charge in [-0.05, 0) is 63.4 Å². The van der Waals surface area contributed by atoms with Crippen molar-refractivity contribution in [3.63, 3.8) is 0 Å². The Bertz CT molecular complexity index is 478. The molecular formula is C17H25NO. The van der Waals surface area contributed by atoms with E-state index in [1.165, 1.54) is 36.0 Å². The third-order valence-corrected chi connectivity index (χ3v) is 4.80. The zero-order valence-corrected chi connectivity index (χ0v) is 12.6. The first kappa shape index (κ1) is 14.3. The Balaban J connectivity index is 2.15. The summed E-state index contributed by atoms with van der Waals surface area (Å²) in [6, 6.07) is 6.59. The lowest BCUT2D eigenvalue weighted by atomic mass is 9.87. The lowest BCUT2D eigenvalue weighted by Gasteiger charge is -2.34. The minimum atomic E-state index is -0.348. The number of ketones is 1. The summed E-state index contributed by atoms with van der Waals surface area (Å²) >= 11 is 0. The van der Waals surface area contributed by atoms with Crippen molar-refractivity contribution in [1.82, 2.24) is 4.90 Å².